The van der Waals surface area contributed by atoms with Crippen LogP contribution in [0, 0.1) is 0 Å². The van der Waals surface area contributed by atoms with Crippen LogP contribution in [0.5, 0.6) is 0 Å². The lowest BCUT2D eigenvalue weighted by Crippen LogP contribution is -2.57. The van der Waals surface area contributed by atoms with Crippen molar-refractivity contribution in [3.8, 4) is 0 Å². The molecule has 0 aromatic carbocycles. The summed E-state index contributed by atoms with van der Waals surface area (Å²) in [5, 5.41) is 0. The zero-order valence-electron chi connectivity index (χ0n) is 11.3. The Kier molecular flexibility index (Phi) is 4.26. The van der Waals surface area contributed by atoms with Crippen LogP contribution in [0.2, 0.25) is 0 Å². The lowest BCUT2D eigenvalue weighted by atomic mass is 10.0. The van der Waals surface area contributed by atoms with Gasteiger partial charge in [0.1, 0.15) is 0 Å². The molecule has 2 aliphatic rings. The minimum atomic E-state index is 0.769. The molecule has 0 saturated carbocycles. The van der Waals surface area contributed by atoms with Gasteiger partial charge in [-0.3, -0.25) is 9.80 Å². The van der Waals surface area contributed by atoms with Crippen LogP contribution in [0.1, 0.15) is 52.9 Å². The van der Waals surface area contributed by atoms with E-state index in [0.29, 0.717) is 0 Å². The number of rotatable bonds is 4. The number of fused-ring (bicyclic) bond motifs is 1. The second kappa shape index (κ2) is 5.50. The van der Waals surface area contributed by atoms with Gasteiger partial charge in [0.05, 0.1) is 0 Å². The number of hydrogen-bond acceptors (Lipinski definition) is 2. The summed E-state index contributed by atoms with van der Waals surface area (Å²) in [4.78, 5) is 5.52. The molecule has 2 nitrogen and oxygen atoms in total. The largest absolute Gasteiger partial charge is 0.298 e. The van der Waals surface area contributed by atoms with Gasteiger partial charge in [-0.05, 0) is 39.2 Å². The van der Waals surface area contributed by atoms with Crippen LogP contribution >= 0.6 is 0 Å². The van der Waals surface area contributed by atoms with E-state index in [1.807, 2.05) is 0 Å². The Bertz CT molecular complexity index is 217. The molecule has 0 aromatic rings. The summed E-state index contributed by atoms with van der Waals surface area (Å²) in [6, 6.07) is 2.48. The van der Waals surface area contributed by atoms with Crippen LogP contribution in [-0.4, -0.2) is 47.6 Å². The van der Waals surface area contributed by atoms with Crippen LogP contribution < -0.4 is 0 Å². The minimum absolute atomic E-state index is 0.769. The first-order chi connectivity index (χ1) is 7.76. The normalized spacial score (nSPS) is 33.9. The van der Waals surface area contributed by atoms with Crippen LogP contribution in [0.4, 0.5) is 0 Å². The van der Waals surface area contributed by atoms with Crippen molar-refractivity contribution in [3.05, 3.63) is 0 Å². The SMILES string of the molecule is CCCC(CC)N1CC2CCCN2CC1C. The topological polar surface area (TPSA) is 6.48 Å². The summed E-state index contributed by atoms with van der Waals surface area (Å²) in [7, 11) is 0. The average molecular weight is 224 g/mol. The molecule has 0 bridgehead atoms. The Morgan fingerprint density at radius 1 is 1.25 bits per heavy atom. The lowest BCUT2D eigenvalue weighted by Gasteiger charge is -2.46. The highest BCUT2D eigenvalue weighted by Crippen LogP contribution is 2.27. The number of hydrogen-bond donors (Lipinski definition) is 0. The van der Waals surface area contributed by atoms with E-state index in [1.165, 1.54) is 51.7 Å². The highest BCUT2D eigenvalue weighted by atomic mass is 15.3. The Morgan fingerprint density at radius 3 is 2.75 bits per heavy atom. The molecule has 0 amide bonds. The molecule has 16 heavy (non-hydrogen) atoms. The maximum absolute atomic E-state index is 2.80. The zero-order valence-corrected chi connectivity index (χ0v) is 11.3. The van der Waals surface area contributed by atoms with E-state index in [0.717, 1.165) is 18.1 Å². The highest BCUT2D eigenvalue weighted by molar-refractivity contribution is 4.92. The third-order valence-electron chi connectivity index (χ3n) is 4.55. The first kappa shape index (κ1) is 12.4. The van der Waals surface area contributed by atoms with E-state index >= 15 is 0 Å². The molecule has 2 heterocycles. The second-order valence-electron chi connectivity index (χ2n) is 5.69. The highest BCUT2D eigenvalue weighted by Gasteiger charge is 2.36. The zero-order chi connectivity index (χ0) is 11.5. The second-order valence-corrected chi connectivity index (χ2v) is 5.69. The molecule has 3 atom stereocenters. The van der Waals surface area contributed by atoms with Gasteiger partial charge in [0.15, 0.2) is 0 Å². The van der Waals surface area contributed by atoms with Gasteiger partial charge in [-0.2, -0.15) is 0 Å². The molecule has 2 saturated heterocycles. The maximum Gasteiger partial charge on any atom is 0.0224 e. The summed E-state index contributed by atoms with van der Waals surface area (Å²) in [6.45, 7) is 11.1. The molecule has 2 heteroatoms. The minimum Gasteiger partial charge on any atom is -0.298 e. The lowest BCUT2D eigenvalue weighted by molar-refractivity contribution is 0.0236. The fourth-order valence-corrected chi connectivity index (χ4v) is 3.66. The Hall–Kier alpha value is -0.0800. The molecule has 0 spiro atoms. The number of piperazine rings is 1. The van der Waals surface area contributed by atoms with Crippen LogP contribution in [0.25, 0.3) is 0 Å². The van der Waals surface area contributed by atoms with Crippen molar-refractivity contribution in [1.29, 1.82) is 0 Å². The standard InChI is InChI=1S/C14H28N2/c1-4-7-13(5-2)16-11-14-8-6-9-15(14)10-12(16)3/h12-14H,4-11H2,1-3H3. The van der Waals surface area contributed by atoms with Crippen molar-refractivity contribution < 1.29 is 0 Å². The molecule has 0 aliphatic carbocycles. The smallest absolute Gasteiger partial charge is 0.0224 e. The van der Waals surface area contributed by atoms with Crippen LogP contribution in [-0.2, 0) is 0 Å². The van der Waals surface area contributed by atoms with Gasteiger partial charge in [0.2, 0.25) is 0 Å². The molecular formula is C14H28N2. The Balaban J connectivity index is 1.97. The Morgan fingerprint density at radius 2 is 2.06 bits per heavy atom. The van der Waals surface area contributed by atoms with Gasteiger partial charge < -0.3 is 0 Å². The monoisotopic (exact) mass is 224 g/mol. The van der Waals surface area contributed by atoms with E-state index in [9.17, 15) is 0 Å². The first-order valence-electron chi connectivity index (χ1n) is 7.26. The summed E-state index contributed by atoms with van der Waals surface area (Å²) >= 11 is 0. The molecular weight excluding hydrogens is 196 g/mol. The predicted octanol–water partition coefficient (Wildman–Crippen LogP) is 2.73. The van der Waals surface area contributed by atoms with Gasteiger partial charge in [-0.15, -0.1) is 0 Å². The van der Waals surface area contributed by atoms with Crippen molar-refractivity contribution in [1.82, 2.24) is 9.80 Å². The van der Waals surface area contributed by atoms with Crippen LogP contribution in [0.3, 0.4) is 0 Å². The van der Waals surface area contributed by atoms with E-state index < -0.39 is 0 Å². The fraction of sp³-hybridized carbons (Fsp3) is 1.00. The molecule has 2 aliphatic heterocycles. The summed E-state index contributed by atoms with van der Waals surface area (Å²) in [5.74, 6) is 0. The average Bonchev–Trinajstić information content (AvgIpc) is 2.72. The van der Waals surface area contributed by atoms with Gasteiger partial charge in [-0.1, -0.05) is 20.3 Å². The van der Waals surface area contributed by atoms with Gasteiger partial charge in [0.25, 0.3) is 0 Å². The summed E-state index contributed by atoms with van der Waals surface area (Å²) in [5.41, 5.74) is 0. The molecule has 0 radical (unpaired) electrons. The quantitative estimate of drug-likeness (QED) is 0.724. The Labute approximate surface area is 101 Å². The van der Waals surface area contributed by atoms with E-state index in [1.54, 1.807) is 0 Å². The van der Waals surface area contributed by atoms with E-state index in [4.69, 9.17) is 0 Å². The van der Waals surface area contributed by atoms with Crippen molar-refractivity contribution >= 4 is 0 Å². The molecule has 0 aromatic heterocycles. The molecule has 2 rings (SSSR count). The summed E-state index contributed by atoms with van der Waals surface area (Å²) < 4.78 is 0. The number of nitrogens with zero attached hydrogens (tertiary/aromatic N) is 2. The van der Waals surface area contributed by atoms with Crippen molar-refractivity contribution in [2.75, 3.05) is 19.6 Å². The first-order valence-corrected chi connectivity index (χ1v) is 7.26. The summed E-state index contributed by atoms with van der Waals surface area (Å²) in [6.07, 6.45) is 6.90. The van der Waals surface area contributed by atoms with E-state index in [-0.39, 0.29) is 0 Å². The molecule has 2 fully saturated rings. The van der Waals surface area contributed by atoms with E-state index in [2.05, 4.69) is 30.6 Å². The van der Waals surface area contributed by atoms with Gasteiger partial charge in [-0.25, -0.2) is 0 Å². The predicted molar refractivity (Wildman–Crippen MR) is 69.8 cm³/mol. The maximum atomic E-state index is 2.80. The molecule has 0 N–H and O–H groups in total. The fourth-order valence-electron chi connectivity index (χ4n) is 3.66. The van der Waals surface area contributed by atoms with Crippen LogP contribution in [0.15, 0.2) is 0 Å². The van der Waals surface area contributed by atoms with Gasteiger partial charge in [0, 0.05) is 31.2 Å². The van der Waals surface area contributed by atoms with Crippen molar-refractivity contribution in [2.24, 2.45) is 0 Å². The third-order valence-corrected chi connectivity index (χ3v) is 4.55. The van der Waals surface area contributed by atoms with Gasteiger partial charge >= 0.3 is 0 Å². The third kappa shape index (κ3) is 2.43. The van der Waals surface area contributed by atoms with Crippen molar-refractivity contribution in [3.63, 3.8) is 0 Å². The molecule has 94 valence electrons. The molecule has 3 unspecified atom stereocenters. The van der Waals surface area contributed by atoms with Crippen molar-refractivity contribution in [2.45, 2.75) is 71.0 Å².